The maximum Gasteiger partial charge on any atom is 0.410 e. The molecule has 1 N–H and O–H groups in total. The van der Waals surface area contributed by atoms with Crippen molar-refractivity contribution in [3.8, 4) is 22.7 Å². The van der Waals surface area contributed by atoms with Crippen LogP contribution in [-0.4, -0.2) is 55.0 Å². The lowest BCUT2D eigenvalue weighted by atomic mass is 10.1. The minimum Gasteiger partial charge on any atom is -0.444 e. The highest BCUT2D eigenvalue weighted by Gasteiger charge is 2.28. The Balaban J connectivity index is 1.41. The van der Waals surface area contributed by atoms with Crippen LogP contribution in [0.3, 0.4) is 0 Å². The van der Waals surface area contributed by atoms with E-state index in [0.717, 1.165) is 24.1 Å². The Labute approximate surface area is 237 Å². The number of amides is 1. The van der Waals surface area contributed by atoms with E-state index in [0.29, 0.717) is 35.6 Å². The van der Waals surface area contributed by atoms with Crippen LogP contribution in [0, 0.1) is 5.82 Å². The molecule has 0 bridgehead atoms. The minimum absolute atomic E-state index is 0.152. The van der Waals surface area contributed by atoms with Gasteiger partial charge in [-0.05, 0) is 72.6 Å². The molecule has 0 aliphatic carbocycles. The van der Waals surface area contributed by atoms with Crippen molar-refractivity contribution in [2.45, 2.75) is 71.6 Å². The number of carbonyl (C=O) groups excluding carboxylic acids is 1. The molecule has 4 heterocycles. The molecule has 0 spiro atoms. The van der Waals surface area contributed by atoms with Gasteiger partial charge in [-0.3, -0.25) is 4.68 Å². The van der Waals surface area contributed by atoms with Gasteiger partial charge in [-0.15, -0.1) is 0 Å². The van der Waals surface area contributed by atoms with Crippen molar-refractivity contribution >= 4 is 34.6 Å². The summed E-state index contributed by atoms with van der Waals surface area (Å²) in [5.41, 5.74) is 1.97. The summed E-state index contributed by atoms with van der Waals surface area (Å²) in [6.07, 6.45) is 4.98. The fourth-order valence-electron chi connectivity index (χ4n) is 4.63. The molecule has 212 valence electrons. The molecule has 0 atom stereocenters. The number of aromatic nitrogens is 4. The number of halogens is 2. The van der Waals surface area contributed by atoms with Crippen LogP contribution < -0.4 is 5.32 Å². The van der Waals surface area contributed by atoms with E-state index >= 15 is 0 Å². The second kappa shape index (κ2) is 10.4. The number of piperidine rings is 1. The highest BCUT2D eigenvalue weighted by atomic mass is 35.5. The van der Waals surface area contributed by atoms with E-state index in [4.69, 9.17) is 25.9 Å². The van der Waals surface area contributed by atoms with Crippen molar-refractivity contribution in [3.05, 3.63) is 47.5 Å². The first-order valence-corrected chi connectivity index (χ1v) is 13.7. The molecule has 1 amide bonds. The maximum atomic E-state index is 14.0. The van der Waals surface area contributed by atoms with Crippen LogP contribution in [0.25, 0.3) is 33.8 Å². The van der Waals surface area contributed by atoms with Crippen molar-refractivity contribution in [1.29, 1.82) is 0 Å². The van der Waals surface area contributed by atoms with Crippen molar-refractivity contribution < 1.29 is 18.3 Å². The largest absolute Gasteiger partial charge is 0.444 e. The smallest absolute Gasteiger partial charge is 0.410 e. The third-order valence-corrected chi connectivity index (χ3v) is 6.70. The lowest BCUT2D eigenvalue weighted by Crippen LogP contribution is -2.42. The summed E-state index contributed by atoms with van der Waals surface area (Å²) in [7, 11) is 0. The number of likely N-dealkylation sites (tertiary alicyclic amines) is 1. The SMILES string of the molecule is CC(C)(C)Nc1ncc(-c2ccn(C3CCN(C(=O)OC(C)(C)C)CC3)n2)cc1-c1nc2cc(F)cc(Cl)c2o1. The number of anilines is 1. The third-order valence-electron chi connectivity index (χ3n) is 6.42. The summed E-state index contributed by atoms with van der Waals surface area (Å²) in [6.45, 7) is 12.9. The second-order valence-corrected chi connectivity index (χ2v) is 12.5. The number of nitrogens with one attached hydrogen (secondary N) is 1. The highest BCUT2D eigenvalue weighted by Crippen LogP contribution is 2.36. The topological polar surface area (TPSA) is 98.3 Å². The van der Waals surface area contributed by atoms with Crippen LogP contribution in [0.5, 0.6) is 0 Å². The first kappa shape index (κ1) is 27.9. The number of oxazole rings is 1. The molecule has 4 aromatic rings. The lowest BCUT2D eigenvalue weighted by Gasteiger charge is -2.33. The van der Waals surface area contributed by atoms with E-state index in [1.807, 2.05) is 64.6 Å². The first-order valence-electron chi connectivity index (χ1n) is 13.3. The predicted octanol–water partition coefficient (Wildman–Crippen LogP) is 7.33. The number of rotatable bonds is 4. The van der Waals surface area contributed by atoms with E-state index in [9.17, 15) is 9.18 Å². The number of hydrogen-bond acceptors (Lipinski definition) is 7. The molecule has 0 unspecified atom stereocenters. The van der Waals surface area contributed by atoms with Crippen LogP contribution in [0.2, 0.25) is 5.02 Å². The normalized spacial score (nSPS) is 15.1. The Kier molecular flexibility index (Phi) is 7.24. The van der Waals surface area contributed by atoms with Crippen LogP contribution in [0.1, 0.15) is 60.4 Å². The Morgan fingerprint density at radius 3 is 2.55 bits per heavy atom. The second-order valence-electron chi connectivity index (χ2n) is 12.1. The van der Waals surface area contributed by atoms with Crippen LogP contribution >= 0.6 is 11.6 Å². The summed E-state index contributed by atoms with van der Waals surface area (Å²) in [5.74, 6) is 0.366. The van der Waals surface area contributed by atoms with E-state index < -0.39 is 11.4 Å². The predicted molar refractivity (Wildman–Crippen MR) is 153 cm³/mol. The Bertz CT molecular complexity index is 1540. The number of ether oxygens (including phenoxy) is 1. The van der Waals surface area contributed by atoms with Crippen molar-refractivity contribution in [2.75, 3.05) is 18.4 Å². The van der Waals surface area contributed by atoms with E-state index in [2.05, 4.69) is 15.3 Å². The van der Waals surface area contributed by atoms with Crippen LogP contribution in [-0.2, 0) is 4.74 Å². The number of carbonyl (C=O) groups is 1. The average Bonchev–Trinajstić information content (AvgIpc) is 3.50. The number of pyridine rings is 1. The van der Waals surface area contributed by atoms with E-state index in [-0.39, 0.29) is 28.6 Å². The summed E-state index contributed by atoms with van der Waals surface area (Å²) in [5, 5.41) is 8.39. The van der Waals surface area contributed by atoms with Crippen LogP contribution in [0.4, 0.5) is 15.0 Å². The van der Waals surface area contributed by atoms with Crippen molar-refractivity contribution in [2.24, 2.45) is 0 Å². The molecule has 0 radical (unpaired) electrons. The number of fused-ring (bicyclic) bond motifs is 1. The van der Waals surface area contributed by atoms with Gasteiger partial charge in [-0.2, -0.15) is 5.10 Å². The molecule has 5 rings (SSSR count). The first-order chi connectivity index (χ1) is 18.8. The molecule has 0 saturated carbocycles. The van der Waals surface area contributed by atoms with Gasteiger partial charge in [0.15, 0.2) is 5.58 Å². The minimum atomic E-state index is -0.518. The summed E-state index contributed by atoms with van der Waals surface area (Å²) < 4.78 is 27.4. The van der Waals surface area contributed by atoms with Crippen LogP contribution in [0.15, 0.2) is 41.1 Å². The van der Waals surface area contributed by atoms with Gasteiger partial charge in [-0.1, -0.05) is 11.6 Å². The van der Waals surface area contributed by atoms with Gasteiger partial charge in [0, 0.05) is 42.7 Å². The summed E-state index contributed by atoms with van der Waals surface area (Å²) in [4.78, 5) is 23.4. The van der Waals surface area contributed by atoms with E-state index in [1.54, 1.807) is 11.1 Å². The Morgan fingerprint density at radius 1 is 1.15 bits per heavy atom. The van der Waals surface area contributed by atoms with E-state index in [1.165, 1.54) is 12.1 Å². The average molecular weight is 569 g/mol. The fraction of sp³-hybridized carbons (Fsp3) is 0.448. The van der Waals surface area contributed by atoms with Gasteiger partial charge in [0.25, 0.3) is 0 Å². The zero-order chi connectivity index (χ0) is 28.8. The van der Waals surface area contributed by atoms with Gasteiger partial charge in [0.2, 0.25) is 5.89 Å². The van der Waals surface area contributed by atoms with Gasteiger partial charge >= 0.3 is 6.09 Å². The molecule has 1 aromatic carbocycles. The molecule has 40 heavy (non-hydrogen) atoms. The monoisotopic (exact) mass is 568 g/mol. The Morgan fingerprint density at radius 2 is 1.88 bits per heavy atom. The quantitative estimate of drug-likeness (QED) is 0.275. The number of benzene rings is 1. The molecule has 3 aromatic heterocycles. The van der Waals surface area contributed by atoms with Crippen molar-refractivity contribution in [1.82, 2.24) is 24.6 Å². The molecule has 11 heteroatoms. The number of nitrogens with zero attached hydrogens (tertiary/aromatic N) is 5. The standard InChI is InChI=1S/C29H34ClFN6O3/c1-28(2,3)34-25-20(26-33-23-15-18(31)14-21(30)24(23)39-26)13-17(16-32-25)22-9-12-37(35-22)19-7-10-36(11-8-19)27(38)40-29(4,5)6/h9,12-16,19H,7-8,10-11H2,1-6H3,(H,32,34). The third kappa shape index (κ3) is 6.22. The summed E-state index contributed by atoms with van der Waals surface area (Å²) >= 11 is 6.22. The zero-order valence-corrected chi connectivity index (χ0v) is 24.3. The highest BCUT2D eigenvalue weighted by molar-refractivity contribution is 6.34. The molecule has 1 fully saturated rings. The molecule has 1 aliphatic rings. The maximum absolute atomic E-state index is 14.0. The fourth-order valence-corrected chi connectivity index (χ4v) is 4.87. The Hall–Kier alpha value is -3.66. The van der Waals surface area contributed by atoms with Gasteiger partial charge in [0.05, 0.1) is 22.3 Å². The molecular weight excluding hydrogens is 535 g/mol. The molecule has 1 saturated heterocycles. The zero-order valence-electron chi connectivity index (χ0n) is 23.6. The lowest BCUT2D eigenvalue weighted by molar-refractivity contribution is 0.0185. The molecule has 1 aliphatic heterocycles. The van der Waals surface area contributed by atoms with Gasteiger partial charge < -0.3 is 19.4 Å². The van der Waals surface area contributed by atoms with Crippen molar-refractivity contribution in [3.63, 3.8) is 0 Å². The summed E-state index contributed by atoms with van der Waals surface area (Å²) in [6, 6.07) is 6.50. The molecular formula is C29H34ClFN6O3. The number of hydrogen-bond donors (Lipinski definition) is 1. The molecule has 9 nitrogen and oxygen atoms in total. The van der Waals surface area contributed by atoms with Gasteiger partial charge in [-0.25, -0.2) is 19.2 Å². The van der Waals surface area contributed by atoms with Gasteiger partial charge in [0.1, 0.15) is 22.8 Å².